The first-order chi connectivity index (χ1) is 8.93. The smallest absolute Gasteiger partial charge is 0.142 e. The maximum atomic E-state index is 10.4. The first kappa shape index (κ1) is 14.2. The minimum Gasteiger partial charge on any atom is -0.495 e. The number of methoxy groups -OCH3 is 1. The second-order valence-electron chi connectivity index (χ2n) is 5.78. The molecule has 0 radical (unpaired) electrons. The summed E-state index contributed by atoms with van der Waals surface area (Å²) in [6.07, 6.45) is 0. The van der Waals surface area contributed by atoms with Gasteiger partial charge in [0.25, 0.3) is 0 Å². The Morgan fingerprint density at radius 2 is 2.21 bits per heavy atom. The van der Waals surface area contributed by atoms with Gasteiger partial charge in [0.05, 0.1) is 18.4 Å². The van der Waals surface area contributed by atoms with Gasteiger partial charge in [-0.3, -0.25) is 0 Å². The maximum absolute atomic E-state index is 10.4. The topological polar surface area (TPSA) is 44.7 Å². The van der Waals surface area contributed by atoms with E-state index in [9.17, 15) is 5.11 Å². The van der Waals surface area contributed by atoms with Gasteiger partial charge in [-0.15, -0.1) is 0 Å². The standard InChI is InChI=1S/C15H24N2O2/c1-11-5-6-14(19-4)13(7-11)17-10-15(3,18)9-16-8-12(17)2/h5-7,12,16,18H,8-10H2,1-4H3. The molecule has 0 bridgehead atoms. The lowest BCUT2D eigenvalue weighted by molar-refractivity contribution is 0.0725. The van der Waals surface area contributed by atoms with Crippen LogP contribution in [0.3, 0.4) is 0 Å². The van der Waals surface area contributed by atoms with Crippen LogP contribution >= 0.6 is 0 Å². The first-order valence-electron chi connectivity index (χ1n) is 6.77. The largest absolute Gasteiger partial charge is 0.495 e. The van der Waals surface area contributed by atoms with E-state index in [0.717, 1.165) is 18.0 Å². The molecule has 4 nitrogen and oxygen atoms in total. The van der Waals surface area contributed by atoms with E-state index in [0.29, 0.717) is 19.1 Å². The Morgan fingerprint density at radius 3 is 2.89 bits per heavy atom. The highest BCUT2D eigenvalue weighted by Crippen LogP contribution is 2.32. The zero-order valence-corrected chi connectivity index (χ0v) is 12.2. The molecule has 4 heteroatoms. The number of hydrogen-bond donors (Lipinski definition) is 2. The molecule has 2 atom stereocenters. The van der Waals surface area contributed by atoms with E-state index < -0.39 is 5.60 Å². The summed E-state index contributed by atoms with van der Waals surface area (Å²) >= 11 is 0. The van der Waals surface area contributed by atoms with Gasteiger partial charge in [-0.25, -0.2) is 0 Å². The minimum absolute atomic E-state index is 0.310. The molecule has 2 rings (SSSR count). The van der Waals surface area contributed by atoms with Gasteiger partial charge in [-0.1, -0.05) is 6.07 Å². The van der Waals surface area contributed by atoms with Crippen LogP contribution in [-0.2, 0) is 0 Å². The third-order valence-corrected chi connectivity index (χ3v) is 3.63. The molecule has 1 aromatic rings. The highest BCUT2D eigenvalue weighted by atomic mass is 16.5. The summed E-state index contributed by atoms with van der Waals surface area (Å²) in [5, 5.41) is 13.7. The summed E-state index contributed by atoms with van der Waals surface area (Å²) in [4.78, 5) is 2.23. The SMILES string of the molecule is COc1ccc(C)cc1N1CC(C)(O)CNCC1C. The van der Waals surface area contributed by atoms with Gasteiger partial charge in [-0.05, 0) is 38.5 Å². The zero-order chi connectivity index (χ0) is 14.0. The van der Waals surface area contributed by atoms with Crippen LogP contribution in [-0.4, -0.2) is 43.5 Å². The zero-order valence-electron chi connectivity index (χ0n) is 12.2. The van der Waals surface area contributed by atoms with E-state index in [1.165, 1.54) is 5.56 Å². The summed E-state index contributed by atoms with van der Waals surface area (Å²) in [6.45, 7) is 8.17. The van der Waals surface area contributed by atoms with Crippen molar-refractivity contribution in [2.24, 2.45) is 0 Å². The summed E-state index contributed by atoms with van der Waals surface area (Å²) in [7, 11) is 1.69. The molecule has 0 spiro atoms. The second kappa shape index (κ2) is 5.39. The number of anilines is 1. The quantitative estimate of drug-likeness (QED) is 0.851. The third kappa shape index (κ3) is 3.19. The monoisotopic (exact) mass is 264 g/mol. The molecule has 0 amide bonds. The van der Waals surface area contributed by atoms with Crippen molar-refractivity contribution in [3.8, 4) is 5.75 Å². The van der Waals surface area contributed by atoms with E-state index in [2.05, 4.69) is 30.1 Å². The molecule has 2 N–H and O–H groups in total. The molecule has 0 aliphatic carbocycles. The molecule has 0 aromatic heterocycles. The number of ether oxygens (including phenoxy) is 1. The number of nitrogens with zero attached hydrogens (tertiary/aromatic N) is 1. The summed E-state index contributed by atoms with van der Waals surface area (Å²) in [5.41, 5.74) is 1.51. The van der Waals surface area contributed by atoms with Gasteiger partial charge < -0.3 is 20.1 Å². The average molecular weight is 264 g/mol. The first-order valence-corrected chi connectivity index (χ1v) is 6.77. The van der Waals surface area contributed by atoms with E-state index >= 15 is 0 Å². The van der Waals surface area contributed by atoms with Crippen LogP contribution in [0.2, 0.25) is 0 Å². The molecule has 1 heterocycles. The number of aryl methyl sites for hydroxylation is 1. The molecule has 19 heavy (non-hydrogen) atoms. The van der Waals surface area contributed by atoms with Gasteiger partial charge in [0.2, 0.25) is 0 Å². The third-order valence-electron chi connectivity index (χ3n) is 3.63. The fraction of sp³-hybridized carbons (Fsp3) is 0.600. The lowest BCUT2D eigenvalue weighted by atomic mass is 10.1. The lowest BCUT2D eigenvalue weighted by Gasteiger charge is -2.34. The fourth-order valence-corrected chi connectivity index (χ4v) is 2.59. The van der Waals surface area contributed by atoms with Crippen molar-refractivity contribution < 1.29 is 9.84 Å². The van der Waals surface area contributed by atoms with Gasteiger partial charge >= 0.3 is 0 Å². The molecule has 1 fully saturated rings. The van der Waals surface area contributed by atoms with E-state index in [1.54, 1.807) is 7.11 Å². The van der Waals surface area contributed by atoms with Crippen LogP contribution in [0.5, 0.6) is 5.75 Å². The van der Waals surface area contributed by atoms with Gasteiger partial charge in [0.15, 0.2) is 0 Å². The van der Waals surface area contributed by atoms with Crippen LogP contribution in [0.4, 0.5) is 5.69 Å². The highest BCUT2D eigenvalue weighted by molar-refractivity contribution is 5.61. The normalized spacial score (nSPS) is 28.1. The highest BCUT2D eigenvalue weighted by Gasteiger charge is 2.31. The van der Waals surface area contributed by atoms with E-state index in [1.807, 2.05) is 19.1 Å². The molecule has 106 valence electrons. The van der Waals surface area contributed by atoms with Crippen LogP contribution in [0.1, 0.15) is 19.4 Å². The van der Waals surface area contributed by atoms with Gasteiger partial charge in [0.1, 0.15) is 5.75 Å². The Kier molecular flexibility index (Phi) is 4.02. The maximum Gasteiger partial charge on any atom is 0.142 e. The minimum atomic E-state index is -0.737. The number of nitrogens with one attached hydrogen (secondary N) is 1. The van der Waals surface area contributed by atoms with Crippen molar-refractivity contribution in [2.45, 2.75) is 32.4 Å². The molecule has 1 aliphatic rings. The summed E-state index contributed by atoms with van der Waals surface area (Å²) < 4.78 is 5.47. The van der Waals surface area contributed by atoms with Gasteiger partial charge in [-0.2, -0.15) is 0 Å². The molecular weight excluding hydrogens is 240 g/mol. The average Bonchev–Trinajstić information content (AvgIpc) is 2.48. The number of β-amino-alcohol motifs (C(OH)–C–C–N with tert-alkyl or cyclic N) is 1. The molecule has 1 aromatic carbocycles. The van der Waals surface area contributed by atoms with Crippen LogP contribution < -0.4 is 15.0 Å². The van der Waals surface area contributed by atoms with Crippen molar-refractivity contribution in [2.75, 3.05) is 31.6 Å². The van der Waals surface area contributed by atoms with Crippen molar-refractivity contribution >= 4 is 5.69 Å². The van der Waals surface area contributed by atoms with E-state index in [-0.39, 0.29) is 0 Å². The lowest BCUT2D eigenvalue weighted by Crippen LogP contribution is -2.45. The Bertz CT molecular complexity index is 446. The summed E-state index contributed by atoms with van der Waals surface area (Å²) in [5.74, 6) is 0.857. The van der Waals surface area contributed by atoms with Crippen molar-refractivity contribution in [1.82, 2.24) is 5.32 Å². The Balaban J connectivity index is 2.39. The van der Waals surface area contributed by atoms with Crippen molar-refractivity contribution in [3.05, 3.63) is 23.8 Å². The molecule has 1 aliphatic heterocycles. The predicted octanol–water partition coefficient (Wildman–Crippen LogP) is 1.55. The number of rotatable bonds is 2. The van der Waals surface area contributed by atoms with E-state index in [4.69, 9.17) is 4.74 Å². The van der Waals surface area contributed by atoms with Crippen LogP contribution in [0.15, 0.2) is 18.2 Å². The Hall–Kier alpha value is -1.26. The number of hydrogen-bond acceptors (Lipinski definition) is 4. The number of aliphatic hydroxyl groups is 1. The second-order valence-corrected chi connectivity index (χ2v) is 5.78. The fourth-order valence-electron chi connectivity index (χ4n) is 2.59. The summed E-state index contributed by atoms with van der Waals surface area (Å²) in [6, 6.07) is 6.47. The van der Waals surface area contributed by atoms with Crippen molar-refractivity contribution in [1.29, 1.82) is 0 Å². The number of benzene rings is 1. The molecule has 1 saturated heterocycles. The van der Waals surface area contributed by atoms with Crippen LogP contribution in [0, 0.1) is 6.92 Å². The Morgan fingerprint density at radius 1 is 1.47 bits per heavy atom. The van der Waals surface area contributed by atoms with Gasteiger partial charge in [0, 0.05) is 25.7 Å². The van der Waals surface area contributed by atoms with Crippen LogP contribution in [0.25, 0.3) is 0 Å². The molecule has 2 unspecified atom stereocenters. The predicted molar refractivity (Wildman–Crippen MR) is 78.0 cm³/mol. The Labute approximate surface area is 115 Å². The molecular formula is C15H24N2O2. The van der Waals surface area contributed by atoms with Crippen molar-refractivity contribution in [3.63, 3.8) is 0 Å². The molecule has 0 saturated carbocycles.